The standard InChI is InChI=1S/C18H21N5O4/c1-10(24)14-9-12(6-4-11(14)5-7-15(25)26)21-8-2-3-13-16(19)22-18(20)23-17(13)27/h4-7,9,21H,2-3,8H2,1H3,(H,25,26)(H5,19,20,22,23,27)/b7-5+. The molecule has 0 saturated heterocycles. The number of H-pyrrole nitrogens is 1. The summed E-state index contributed by atoms with van der Waals surface area (Å²) in [7, 11) is 0. The molecular weight excluding hydrogens is 350 g/mol. The molecule has 0 radical (unpaired) electrons. The summed E-state index contributed by atoms with van der Waals surface area (Å²) in [4.78, 5) is 40.5. The number of ketones is 1. The van der Waals surface area contributed by atoms with E-state index in [9.17, 15) is 14.4 Å². The quantitative estimate of drug-likeness (QED) is 0.263. The first-order valence-corrected chi connectivity index (χ1v) is 8.22. The van der Waals surface area contributed by atoms with Crippen LogP contribution in [0.1, 0.15) is 34.8 Å². The van der Waals surface area contributed by atoms with Crippen LogP contribution >= 0.6 is 0 Å². The highest BCUT2D eigenvalue weighted by molar-refractivity contribution is 5.99. The van der Waals surface area contributed by atoms with Crippen molar-refractivity contribution in [1.29, 1.82) is 0 Å². The number of Topliss-reactive ketones (excluding diaryl/α,β-unsaturated/α-hetero) is 1. The van der Waals surface area contributed by atoms with Crippen LogP contribution in [0.15, 0.2) is 29.1 Å². The zero-order chi connectivity index (χ0) is 20.0. The summed E-state index contributed by atoms with van der Waals surface area (Å²) in [5.74, 6) is -1.16. The highest BCUT2D eigenvalue weighted by atomic mass is 16.4. The zero-order valence-electron chi connectivity index (χ0n) is 14.8. The molecule has 0 amide bonds. The fourth-order valence-electron chi connectivity index (χ4n) is 2.55. The first-order chi connectivity index (χ1) is 12.8. The number of carbonyl (C=O) groups is 2. The Balaban J connectivity index is 2.02. The third-order valence-electron chi connectivity index (χ3n) is 3.84. The molecular formula is C18H21N5O4. The predicted octanol–water partition coefficient (Wildman–Crippen LogP) is 1.28. The van der Waals surface area contributed by atoms with Crippen molar-refractivity contribution >= 4 is 35.3 Å². The molecule has 2 rings (SSSR count). The van der Waals surface area contributed by atoms with Crippen LogP contribution in [0.2, 0.25) is 0 Å². The van der Waals surface area contributed by atoms with Gasteiger partial charge < -0.3 is 21.9 Å². The van der Waals surface area contributed by atoms with Crippen LogP contribution in [0.3, 0.4) is 0 Å². The summed E-state index contributed by atoms with van der Waals surface area (Å²) in [6.45, 7) is 1.95. The van der Waals surface area contributed by atoms with Gasteiger partial charge in [0.2, 0.25) is 5.95 Å². The van der Waals surface area contributed by atoms with E-state index in [0.29, 0.717) is 41.8 Å². The SMILES string of the molecule is CC(=O)c1cc(NCCCc2c(N)nc(N)[nH]c2=O)ccc1/C=C/C(=O)O. The number of carbonyl (C=O) groups excluding carboxylic acids is 1. The Kier molecular flexibility index (Phi) is 6.32. The summed E-state index contributed by atoms with van der Waals surface area (Å²) in [6, 6.07) is 5.08. The summed E-state index contributed by atoms with van der Waals surface area (Å²) in [5.41, 5.74) is 12.8. The Morgan fingerprint density at radius 3 is 2.70 bits per heavy atom. The zero-order valence-corrected chi connectivity index (χ0v) is 14.8. The third kappa shape index (κ3) is 5.43. The molecule has 1 aromatic carbocycles. The van der Waals surface area contributed by atoms with E-state index in [4.69, 9.17) is 16.6 Å². The average Bonchev–Trinajstić information content (AvgIpc) is 2.58. The lowest BCUT2D eigenvalue weighted by Gasteiger charge is -2.10. The van der Waals surface area contributed by atoms with Gasteiger partial charge in [-0.1, -0.05) is 6.07 Å². The van der Waals surface area contributed by atoms with Gasteiger partial charge in [0.25, 0.3) is 5.56 Å². The van der Waals surface area contributed by atoms with E-state index in [0.717, 1.165) is 6.08 Å². The predicted molar refractivity (Wildman–Crippen MR) is 104 cm³/mol. The summed E-state index contributed by atoms with van der Waals surface area (Å²) in [6.07, 6.45) is 3.39. The van der Waals surface area contributed by atoms with Crippen molar-refractivity contribution in [3.63, 3.8) is 0 Å². The van der Waals surface area contributed by atoms with Crippen LogP contribution < -0.4 is 22.3 Å². The van der Waals surface area contributed by atoms with Crippen molar-refractivity contribution in [2.45, 2.75) is 19.8 Å². The first kappa shape index (κ1) is 19.7. The van der Waals surface area contributed by atoms with Gasteiger partial charge in [-0.25, -0.2) is 4.79 Å². The Hall–Kier alpha value is -3.62. The number of nitrogen functional groups attached to an aromatic ring is 2. The van der Waals surface area contributed by atoms with E-state index in [-0.39, 0.29) is 23.1 Å². The molecule has 2 aromatic rings. The van der Waals surface area contributed by atoms with E-state index in [1.807, 2.05) is 0 Å². The van der Waals surface area contributed by atoms with E-state index >= 15 is 0 Å². The van der Waals surface area contributed by atoms with Crippen molar-refractivity contribution in [3.05, 3.63) is 51.3 Å². The van der Waals surface area contributed by atoms with Crippen LogP contribution in [-0.4, -0.2) is 33.4 Å². The first-order valence-electron chi connectivity index (χ1n) is 8.22. The fraction of sp³-hybridized carbons (Fsp3) is 0.222. The molecule has 7 N–H and O–H groups in total. The molecule has 0 saturated carbocycles. The van der Waals surface area contributed by atoms with Crippen LogP contribution in [0.4, 0.5) is 17.5 Å². The maximum Gasteiger partial charge on any atom is 0.328 e. The lowest BCUT2D eigenvalue weighted by molar-refractivity contribution is -0.131. The average molecular weight is 371 g/mol. The number of aromatic nitrogens is 2. The lowest BCUT2D eigenvalue weighted by Crippen LogP contribution is -2.20. The minimum atomic E-state index is -1.09. The Bertz CT molecular complexity index is 949. The van der Waals surface area contributed by atoms with Crippen LogP contribution in [0, 0.1) is 0 Å². The Labute approximate surface area is 155 Å². The molecule has 27 heavy (non-hydrogen) atoms. The largest absolute Gasteiger partial charge is 0.478 e. The van der Waals surface area contributed by atoms with Gasteiger partial charge in [0.1, 0.15) is 5.82 Å². The highest BCUT2D eigenvalue weighted by Gasteiger charge is 2.09. The number of rotatable bonds is 8. The third-order valence-corrected chi connectivity index (χ3v) is 3.84. The maximum absolute atomic E-state index is 11.8. The number of aromatic amines is 1. The summed E-state index contributed by atoms with van der Waals surface area (Å²) >= 11 is 0. The van der Waals surface area contributed by atoms with Crippen molar-refractivity contribution in [2.24, 2.45) is 0 Å². The Morgan fingerprint density at radius 1 is 1.33 bits per heavy atom. The second-order valence-corrected chi connectivity index (χ2v) is 5.88. The smallest absolute Gasteiger partial charge is 0.328 e. The molecule has 1 aromatic heterocycles. The molecule has 0 bridgehead atoms. The number of nitrogens with zero attached hydrogens (tertiary/aromatic N) is 1. The number of hydrogen-bond donors (Lipinski definition) is 5. The molecule has 142 valence electrons. The van der Waals surface area contributed by atoms with Crippen molar-refractivity contribution in [3.8, 4) is 0 Å². The summed E-state index contributed by atoms with van der Waals surface area (Å²) in [5, 5.41) is 11.9. The van der Waals surface area contributed by atoms with Gasteiger partial charge in [0.15, 0.2) is 5.78 Å². The second kappa shape index (κ2) is 8.65. The number of carboxylic acid groups (broad SMARTS) is 1. The topological polar surface area (TPSA) is 164 Å². The summed E-state index contributed by atoms with van der Waals surface area (Å²) < 4.78 is 0. The number of nitrogens with two attached hydrogens (primary N) is 2. The van der Waals surface area contributed by atoms with E-state index < -0.39 is 5.97 Å². The second-order valence-electron chi connectivity index (χ2n) is 5.88. The number of hydrogen-bond acceptors (Lipinski definition) is 7. The Morgan fingerprint density at radius 2 is 2.07 bits per heavy atom. The molecule has 0 aliphatic heterocycles. The van der Waals surface area contributed by atoms with Crippen molar-refractivity contribution in [1.82, 2.24) is 9.97 Å². The maximum atomic E-state index is 11.8. The molecule has 0 atom stereocenters. The van der Waals surface area contributed by atoms with Gasteiger partial charge in [-0.05, 0) is 43.5 Å². The van der Waals surface area contributed by atoms with Crippen molar-refractivity contribution in [2.75, 3.05) is 23.3 Å². The van der Waals surface area contributed by atoms with Gasteiger partial charge in [0, 0.05) is 23.9 Å². The van der Waals surface area contributed by atoms with Crippen molar-refractivity contribution < 1.29 is 14.7 Å². The number of nitrogens with one attached hydrogen (secondary N) is 2. The van der Waals surface area contributed by atoms with Gasteiger partial charge in [-0.2, -0.15) is 4.98 Å². The molecule has 0 spiro atoms. The van der Waals surface area contributed by atoms with Crippen LogP contribution in [0.5, 0.6) is 0 Å². The van der Waals surface area contributed by atoms with Gasteiger partial charge in [-0.3, -0.25) is 14.6 Å². The van der Waals surface area contributed by atoms with Gasteiger partial charge in [-0.15, -0.1) is 0 Å². The molecule has 0 fully saturated rings. The monoisotopic (exact) mass is 371 g/mol. The number of carboxylic acids is 1. The molecule has 0 aliphatic carbocycles. The number of aliphatic carboxylic acids is 1. The normalized spacial score (nSPS) is 10.9. The molecule has 9 heteroatoms. The molecule has 9 nitrogen and oxygen atoms in total. The van der Waals surface area contributed by atoms with E-state index in [2.05, 4.69) is 15.3 Å². The minimum absolute atomic E-state index is 0.0202. The van der Waals surface area contributed by atoms with Gasteiger partial charge in [0.05, 0.1) is 5.56 Å². The minimum Gasteiger partial charge on any atom is -0.478 e. The van der Waals surface area contributed by atoms with E-state index in [1.165, 1.54) is 13.0 Å². The lowest BCUT2D eigenvalue weighted by atomic mass is 10.0. The fourth-order valence-corrected chi connectivity index (χ4v) is 2.55. The van der Waals surface area contributed by atoms with Gasteiger partial charge >= 0.3 is 5.97 Å². The number of benzene rings is 1. The molecule has 1 heterocycles. The molecule has 0 unspecified atom stereocenters. The highest BCUT2D eigenvalue weighted by Crippen LogP contribution is 2.18. The van der Waals surface area contributed by atoms with E-state index in [1.54, 1.807) is 18.2 Å². The van der Waals surface area contributed by atoms with Crippen LogP contribution in [0.25, 0.3) is 6.08 Å². The van der Waals surface area contributed by atoms with Crippen LogP contribution in [-0.2, 0) is 11.2 Å². The number of anilines is 3. The molecule has 0 aliphatic rings.